The molecule has 0 saturated carbocycles. The van der Waals surface area contributed by atoms with Gasteiger partial charge in [0.25, 0.3) is 0 Å². The minimum atomic E-state index is -5.45. The average Bonchev–Trinajstić information content (AvgIpc) is 2.30. The van der Waals surface area contributed by atoms with Gasteiger partial charge in [-0.25, -0.2) is 13.1 Å². The number of nitrogens with one attached hydrogen (secondary N) is 1. The van der Waals surface area contributed by atoms with Gasteiger partial charge in [0.05, 0.1) is 12.0 Å². The summed E-state index contributed by atoms with van der Waals surface area (Å²) in [6, 6.07) is -1.08. The zero-order chi connectivity index (χ0) is 18.9. The van der Waals surface area contributed by atoms with Gasteiger partial charge in [0.1, 0.15) is 0 Å². The first-order valence-electron chi connectivity index (χ1n) is 7.29. The van der Waals surface area contributed by atoms with Crippen LogP contribution in [0.2, 0.25) is 18.1 Å². The monoisotopic (exact) mass is 397 g/mol. The van der Waals surface area contributed by atoms with E-state index in [0.29, 0.717) is 0 Å². The third-order valence-corrected chi connectivity index (χ3v) is 10.2. The predicted molar refractivity (Wildman–Crippen MR) is 89.5 cm³/mol. The van der Waals surface area contributed by atoms with Crippen molar-refractivity contribution in [1.29, 1.82) is 0 Å². The fourth-order valence-corrected chi connectivity index (χ4v) is 4.04. The summed E-state index contributed by atoms with van der Waals surface area (Å²) in [6.07, 6.45) is 0. The fourth-order valence-electron chi connectivity index (χ4n) is 1.48. The molecule has 0 amide bonds. The largest absolute Gasteiger partial charge is 0.511 e. The molecule has 0 heterocycles. The summed E-state index contributed by atoms with van der Waals surface area (Å²) in [6.45, 7) is 13.2. The molecule has 0 spiro atoms. The minimum absolute atomic E-state index is 0.0126. The van der Waals surface area contributed by atoms with Gasteiger partial charge in [-0.3, -0.25) is 0 Å². The van der Waals surface area contributed by atoms with Crippen molar-refractivity contribution in [3.8, 4) is 0 Å². The second-order valence-corrected chi connectivity index (χ2v) is 14.5. The summed E-state index contributed by atoms with van der Waals surface area (Å²) in [5.74, 6) is -0.419. The third-order valence-electron chi connectivity index (χ3n) is 4.11. The summed E-state index contributed by atoms with van der Waals surface area (Å²) >= 11 is 6.16. The van der Waals surface area contributed by atoms with Gasteiger partial charge in [0.2, 0.25) is 0 Å². The predicted octanol–water partition coefficient (Wildman–Crippen LogP) is 4.08. The van der Waals surface area contributed by atoms with Crippen LogP contribution in [-0.4, -0.2) is 40.3 Å². The van der Waals surface area contributed by atoms with E-state index in [2.05, 4.69) is 0 Å². The summed E-state index contributed by atoms with van der Waals surface area (Å²) in [5, 5.41) is -0.983. The highest BCUT2D eigenvalue weighted by Gasteiger charge is 2.48. The van der Waals surface area contributed by atoms with Crippen molar-refractivity contribution in [2.24, 2.45) is 5.92 Å². The van der Waals surface area contributed by atoms with Crippen molar-refractivity contribution in [2.75, 3.05) is 6.61 Å². The van der Waals surface area contributed by atoms with Crippen LogP contribution in [0.25, 0.3) is 0 Å². The molecule has 0 aliphatic carbocycles. The summed E-state index contributed by atoms with van der Waals surface area (Å²) in [7, 11) is -7.58. The second-order valence-electron chi connectivity index (χ2n) is 7.42. The van der Waals surface area contributed by atoms with Crippen LogP contribution >= 0.6 is 11.6 Å². The van der Waals surface area contributed by atoms with Gasteiger partial charge in [-0.15, -0.1) is 11.6 Å². The standard InChI is InChI=1S/C13H27ClF3NO3SSi/c1-9(2)11(18-22(19,20)13(15,16)17)10(14)8-21-23(6,7)12(3,4)5/h9-11,18H,8H2,1-7H3/t10-,11+/m0/s1. The molecule has 4 nitrogen and oxygen atoms in total. The zero-order valence-electron chi connectivity index (χ0n) is 14.6. The number of rotatable bonds is 7. The smallest absolute Gasteiger partial charge is 0.415 e. The quantitative estimate of drug-likeness (QED) is 0.520. The van der Waals surface area contributed by atoms with Gasteiger partial charge in [-0.1, -0.05) is 34.6 Å². The second kappa shape index (κ2) is 7.59. The van der Waals surface area contributed by atoms with Crippen LogP contribution in [0.5, 0.6) is 0 Å². The summed E-state index contributed by atoms with van der Waals surface area (Å²) in [4.78, 5) is 0. The van der Waals surface area contributed by atoms with Gasteiger partial charge >= 0.3 is 15.5 Å². The summed E-state index contributed by atoms with van der Waals surface area (Å²) in [5.41, 5.74) is -5.36. The third kappa shape index (κ3) is 6.53. The molecule has 140 valence electrons. The van der Waals surface area contributed by atoms with Crippen LogP contribution in [0, 0.1) is 5.92 Å². The number of sulfonamides is 1. The lowest BCUT2D eigenvalue weighted by Gasteiger charge is -2.38. The molecule has 0 saturated heterocycles. The van der Waals surface area contributed by atoms with Crippen molar-refractivity contribution in [3.05, 3.63) is 0 Å². The molecule has 0 rings (SSSR count). The van der Waals surface area contributed by atoms with Crippen LogP contribution < -0.4 is 4.72 Å². The summed E-state index contributed by atoms with van der Waals surface area (Å²) < 4.78 is 67.7. The maximum absolute atomic E-state index is 12.5. The van der Waals surface area contributed by atoms with Crippen LogP contribution in [0.3, 0.4) is 0 Å². The first-order chi connectivity index (χ1) is 9.92. The number of alkyl halides is 4. The Hall–Kier alpha value is 0.167. The van der Waals surface area contributed by atoms with Crippen molar-refractivity contribution in [1.82, 2.24) is 4.72 Å². The molecular formula is C13H27ClF3NO3SSi. The highest BCUT2D eigenvalue weighted by atomic mass is 35.5. The van der Waals surface area contributed by atoms with Crippen LogP contribution in [0.15, 0.2) is 0 Å². The van der Waals surface area contributed by atoms with E-state index in [0.717, 1.165) is 0 Å². The average molecular weight is 398 g/mol. The van der Waals surface area contributed by atoms with E-state index in [1.807, 2.05) is 33.9 Å². The zero-order valence-corrected chi connectivity index (χ0v) is 17.2. The molecule has 0 aromatic heterocycles. The maximum atomic E-state index is 12.5. The van der Waals surface area contributed by atoms with Crippen LogP contribution in [0.1, 0.15) is 34.6 Å². The molecular weight excluding hydrogens is 371 g/mol. The molecule has 10 heteroatoms. The van der Waals surface area contributed by atoms with Crippen LogP contribution in [0.4, 0.5) is 13.2 Å². The van der Waals surface area contributed by atoms with E-state index in [1.54, 1.807) is 18.6 Å². The Bertz CT molecular complexity index is 490. The van der Waals surface area contributed by atoms with Crippen LogP contribution in [-0.2, 0) is 14.4 Å². The molecule has 0 fully saturated rings. The van der Waals surface area contributed by atoms with Gasteiger partial charge in [0.15, 0.2) is 8.32 Å². The Morgan fingerprint density at radius 1 is 1.17 bits per heavy atom. The minimum Gasteiger partial charge on any atom is -0.415 e. The molecule has 0 aliphatic rings. The van der Waals surface area contributed by atoms with Gasteiger partial charge in [-0.05, 0) is 24.1 Å². The molecule has 0 radical (unpaired) electrons. The molecule has 0 aliphatic heterocycles. The van der Waals surface area contributed by atoms with E-state index in [9.17, 15) is 21.6 Å². The first-order valence-corrected chi connectivity index (χ1v) is 12.1. The Morgan fingerprint density at radius 3 is 1.91 bits per heavy atom. The normalized spacial score (nSPS) is 17.4. The van der Waals surface area contributed by atoms with Crippen molar-refractivity contribution in [2.45, 2.75) is 69.7 Å². The number of hydrogen-bond acceptors (Lipinski definition) is 3. The lowest BCUT2D eigenvalue weighted by Crippen LogP contribution is -2.51. The molecule has 2 atom stereocenters. The van der Waals surface area contributed by atoms with Gasteiger partial charge in [0, 0.05) is 6.04 Å². The molecule has 1 N–H and O–H groups in total. The lowest BCUT2D eigenvalue weighted by atomic mass is 10.0. The van der Waals surface area contributed by atoms with E-state index in [1.165, 1.54) is 0 Å². The SMILES string of the molecule is CC(C)[C@@H](NS(=O)(=O)C(F)(F)F)[C@@H](Cl)CO[Si](C)(C)C(C)(C)C. The van der Waals surface area contributed by atoms with E-state index in [-0.39, 0.29) is 11.6 Å². The lowest BCUT2D eigenvalue weighted by molar-refractivity contribution is -0.0453. The molecule has 0 bridgehead atoms. The van der Waals surface area contributed by atoms with E-state index in [4.69, 9.17) is 16.0 Å². The number of halogens is 4. The van der Waals surface area contributed by atoms with Crippen molar-refractivity contribution >= 4 is 29.9 Å². The fraction of sp³-hybridized carbons (Fsp3) is 1.00. The molecule has 23 heavy (non-hydrogen) atoms. The Kier molecular flexibility index (Phi) is 7.65. The van der Waals surface area contributed by atoms with E-state index >= 15 is 0 Å². The molecule has 0 aromatic rings. The molecule has 0 aromatic carbocycles. The number of hydrogen-bond donors (Lipinski definition) is 1. The van der Waals surface area contributed by atoms with E-state index < -0.39 is 41.2 Å². The Labute approximate surface area is 143 Å². The topological polar surface area (TPSA) is 55.4 Å². The van der Waals surface area contributed by atoms with Crippen molar-refractivity contribution < 1.29 is 26.0 Å². The Morgan fingerprint density at radius 2 is 1.61 bits per heavy atom. The highest BCUT2D eigenvalue weighted by molar-refractivity contribution is 7.90. The van der Waals surface area contributed by atoms with Gasteiger partial charge in [-0.2, -0.15) is 13.2 Å². The van der Waals surface area contributed by atoms with Gasteiger partial charge < -0.3 is 4.43 Å². The maximum Gasteiger partial charge on any atom is 0.511 e. The highest BCUT2D eigenvalue weighted by Crippen LogP contribution is 2.37. The first kappa shape index (κ1) is 23.2. The Balaban J connectivity index is 5.08. The van der Waals surface area contributed by atoms with Crippen molar-refractivity contribution in [3.63, 3.8) is 0 Å². The molecule has 0 unspecified atom stereocenters.